The van der Waals surface area contributed by atoms with Gasteiger partial charge in [0.2, 0.25) is 11.8 Å². The highest BCUT2D eigenvalue weighted by Gasteiger charge is 2.34. The first-order valence-electron chi connectivity index (χ1n) is 9.62. The highest BCUT2D eigenvalue weighted by atomic mass is 32.2. The number of hydrogen-bond donors (Lipinski definition) is 2. The molecule has 33 heavy (non-hydrogen) atoms. The van der Waals surface area contributed by atoms with Crippen molar-refractivity contribution < 1.29 is 40.7 Å². The Kier molecular flexibility index (Phi) is 8.31. The smallest absolute Gasteiger partial charge is 0.416 e. The number of carbonyl (C=O) groups is 2. The minimum Gasteiger partial charge on any atom is -0.493 e. The Hall–Kier alpha value is -3.28. The number of amides is 2. The maximum atomic E-state index is 12.9. The number of hydrogen-bond acceptors (Lipinski definition) is 6. The van der Waals surface area contributed by atoms with Gasteiger partial charge in [-0.25, -0.2) is 8.42 Å². The maximum absolute atomic E-state index is 12.9. The minimum atomic E-state index is -4.63. The van der Waals surface area contributed by atoms with E-state index in [1.54, 1.807) is 0 Å². The Labute approximate surface area is 189 Å². The summed E-state index contributed by atoms with van der Waals surface area (Å²) < 4.78 is 74.2. The van der Waals surface area contributed by atoms with E-state index in [9.17, 15) is 31.2 Å². The van der Waals surface area contributed by atoms with Gasteiger partial charge in [-0.05, 0) is 36.8 Å². The zero-order chi connectivity index (χ0) is 24.8. The lowest BCUT2D eigenvalue weighted by molar-refractivity contribution is -0.137. The number of rotatable bonds is 9. The van der Waals surface area contributed by atoms with E-state index in [2.05, 4.69) is 10.6 Å². The second-order valence-corrected chi connectivity index (χ2v) is 9.07. The summed E-state index contributed by atoms with van der Waals surface area (Å²) in [5.41, 5.74) is -0.960. The molecule has 0 aliphatic heterocycles. The predicted octanol–water partition coefficient (Wildman–Crippen LogP) is 3.49. The molecule has 2 aromatic rings. The molecule has 180 valence electrons. The molecule has 0 heterocycles. The van der Waals surface area contributed by atoms with Crippen LogP contribution < -0.4 is 20.1 Å². The standard InChI is InChI=1S/C21H23F3N2O6S/c1-4-18(20(28)26-14-7-5-6-13(10-14)21(22,23)24)33(29,30)12-19(27)25-15-8-9-16(31-2)17(11-15)32-3/h5-11,18H,4,12H2,1-3H3,(H,25,27)(H,26,28). The van der Waals surface area contributed by atoms with Crippen molar-refractivity contribution in [2.75, 3.05) is 30.6 Å². The van der Waals surface area contributed by atoms with Crippen LogP contribution in [-0.2, 0) is 25.6 Å². The molecular weight excluding hydrogens is 465 g/mol. The zero-order valence-electron chi connectivity index (χ0n) is 18.0. The van der Waals surface area contributed by atoms with E-state index >= 15 is 0 Å². The summed E-state index contributed by atoms with van der Waals surface area (Å²) in [6.07, 6.45) is -4.81. The number of carbonyl (C=O) groups excluding carboxylic acids is 2. The second kappa shape index (κ2) is 10.6. The normalized spacial score (nSPS) is 12.5. The Morgan fingerprint density at radius 2 is 1.61 bits per heavy atom. The highest BCUT2D eigenvalue weighted by molar-refractivity contribution is 7.93. The number of halogens is 3. The first-order valence-corrected chi connectivity index (χ1v) is 11.3. The van der Waals surface area contributed by atoms with Gasteiger partial charge < -0.3 is 20.1 Å². The molecule has 2 rings (SSSR count). The van der Waals surface area contributed by atoms with Gasteiger partial charge in [0, 0.05) is 17.4 Å². The van der Waals surface area contributed by atoms with Gasteiger partial charge in [-0.2, -0.15) is 13.2 Å². The van der Waals surface area contributed by atoms with Crippen molar-refractivity contribution in [1.29, 1.82) is 0 Å². The van der Waals surface area contributed by atoms with Crippen molar-refractivity contribution in [2.45, 2.75) is 24.8 Å². The number of sulfone groups is 1. The van der Waals surface area contributed by atoms with Crippen molar-refractivity contribution >= 4 is 33.0 Å². The van der Waals surface area contributed by atoms with Gasteiger partial charge in [-0.1, -0.05) is 13.0 Å². The highest BCUT2D eigenvalue weighted by Crippen LogP contribution is 2.31. The van der Waals surface area contributed by atoms with Crippen LogP contribution in [0.4, 0.5) is 24.5 Å². The first-order chi connectivity index (χ1) is 15.4. The van der Waals surface area contributed by atoms with Crippen molar-refractivity contribution in [1.82, 2.24) is 0 Å². The molecule has 0 saturated carbocycles. The molecule has 0 aliphatic carbocycles. The topological polar surface area (TPSA) is 111 Å². The quantitative estimate of drug-likeness (QED) is 0.559. The third-order valence-electron chi connectivity index (χ3n) is 4.55. The fraction of sp³-hybridized carbons (Fsp3) is 0.333. The van der Waals surface area contributed by atoms with E-state index in [1.807, 2.05) is 0 Å². The summed E-state index contributed by atoms with van der Waals surface area (Å²) in [4.78, 5) is 24.8. The number of ether oxygens (including phenoxy) is 2. The predicted molar refractivity (Wildman–Crippen MR) is 116 cm³/mol. The van der Waals surface area contributed by atoms with Crippen LogP contribution in [0.25, 0.3) is 0 Å². The van der Waals surface area contributed by atoms with Crippen molar-refractivity contribution in [3.63, 3.8) is 0 Å². The van der Waals surface area contributed by atoms with E-state index in [1.165, 1.54) is 45.4 Å². The Morgan fingerprint density at radius 3 is 2.18 bits per heavy atom. The largest absolute Gasteiger partial charge is 0.493 e. The SMILES string of the molecule is CCC(C(=O)Nc1cccc(C(F)(F)F)c1)S(=O)(=O)CC(=O)Nc1ccc(OC)c(OC)c1. The molecule has 8 nitrogen and oxygen atoms in total. The summed E-state index contributed by atoms with van der Waals surface area (Å²) in [5.74, 6) is -2.22. The monoisotopic (exact) mass is 488 g/mol. The minimum absolute atomic E-state index is 0.184. The van der Waals surface area contributed by atoms with Crippen LogP contribution in [0.5, 0.6) is 11.5 Å². The van der Waals surface area contributed by atoms with Gasteiger partial charge in [0.1, 0.15) is 11.0 Å². The number of alkyl halides is 3. The Morgan fingerprint density at radius 1 is 0.970 bits per heavy atom. The number of anilines is 2. The number of methoxy groups -OCH3 is 2. The van der Waals surface area contributed by atoms with E-state index in [-0.39, 0.29) is 17.8 Å². The van der Waals surface area contributed by atoms with Crippen LogP contribution in [0.15, 0.2) is 42.5 Å². The molecule has 0 spiro atoms. The molecule has 2 N–H and O–H groups in total. The molecule has 0 bridgehead atoms. The number of nitrogens with one attached hydrogen (secondary N) is 2. The van der Waals surface area contributed by atoms with Crippen molar-refractivity contribution in [3.05, 3.63) is 48.0 Å². The molecule has 1 unspecified atom stereocenters. The summed E-state index contributed by atoms with van der Waals surface area (Å²) >= 11 is 0. The third kappa shape index (κ3) is 6.85. The van der Waals surface area contributed by atoms with Gasteiger partial charge in [-0.3, -0.25) is 9.59 Å². The van der Waals surface area contributed by atoms with Gasteiger partial charge in [-0.15, -0.1) is 0 Å². The molecule has 12 heteroatoms. The van der Waals surface area contributed by atoms with E-state index in [0.717, 1.165) is 12.1 Å². The molecule has 0 aromatic heterocycles. The van der Waals surface area contributed by atoms with Crippen LogP contribution in [-0.4, -0.2) is 45.5 Å². The second-order valence-electron chi connectivity index (χ2n) is 6.89. The first kappa shape index (κ1) is 26.0. The van der Waals surface area contributed by atoms with Crippen LogP contribution >= 0.6 is 0 Å². The lowest BCUT2D eigenvalue weighted by Gasteiger charge is -2.17. The number of benzene rings is 2. The van der Waals surface area contributed by atoms with Crippen molar-refractivity contribution in [3.8, 4) is 11.5 Å². The fourth-order valence-electron chi connectivity index (χ4n) is 2.99. The van der Waals surface area contributed by atoms with Crippen LogP contribution in [0.3, 0.4) is 0 Å². The van der Waals surface area contributed by atoms with Gasteiger partial charge in [0.15, 0.2) is 21.3 Å². The van der Waals surface area contributed by atoms with E-state index in [4.69, 9.17) is 9.47 Å². The molecule has 0 radical (unpaired) electrons. The van der Waals surface area contributed by atoms with Crippen LogP contribution in [0, 0.1) is 0 Å². The molecular formula is C21H23F3N2O6S. The average Bonchev–Trinajstić information content (AvgIpc) is 2.72. The lowest BCUT2D eigenvalue weighted by atomic mass is 10.2. The van der Waals surface area contributed by atoms with Crippen LogP contribution in [0.2, 0.25) is 0 Å². The van der Waals surface area contributed by atoms with E-state index < -0.39 is 44.4 Å². The third-order valence-corrected chi connectivity index (χ3v) is 6.63. The van der Waals surface area contributed by atoms with Crippen LogP contribution in [0.1, 0.15) is 18.9 Å². The maximum Gasteiger partial charge on any atom is 0.416 e. The molecule has 0 fully saturated rings. The average molecular weight is 488 g/mol. The van der Waals surface area contributed by atoms with Gasteiger partial charge in [0.25, 0.3) is 0 Å². The summed E-state index contributed by atoms with van der Waals surface area (Å²) in [7, 11) is -1.46. The Bertz CT molecular complexity index is 1120. The summed E-state index contributed by atoms with van der Waals surface area (Å²) in [5, 5.41) is 2.95. The molecule has 0 saturated heterocycles. The Balaban J connectivity index is 2.12. The molecule has 2 aromatic carbocycles. The zero-order valence-corrected chi connectivity index (χ0v) is 18.8. The molecule has 0 aliphatic rings. The lowest BCUT2D eigenvalue weighted by Crippen LogP contribution is -2.39. The molecule has 1 atom stereocenters. The fourth-order valence-corrected chi connectivity index (χ4v) is 4.52. The van der Waals surface area contributed by atoms with Gasteiger partial charge >= 0.3 is 6.18 Å². The van der Waals surface area contributed by atoms with E-state index in [0.29, 0.717) is 17.6 Å². The summed E-state index contributed by atoms with van der Waals surface area (Å²) in [6, 6.07) is 8.23. The van der Waals surface area contributed by atoms with Crippen molar-refractivity contribution in [2.24, 2.45) is 0 Å². The summed E-state index contributed by atoms with van der Waals surface area (Å²) in [6.45, 7) is 1.42. The van der Waals surface area contributed by atoms with Gasteiger partial charge in [0.05, 0.1) is 19.8 Å². The molecule has 2 amide bonds.